The minimum atomic E-state index is -1.50. The number of tetrazole rings is 1. The zero-order valence-electron chi connectivity index (χ0n) is 13.5. The van der Waals surface area contributed by atoms with Crippen LogP contribution in [0.5, 0.6) is 5.75 Å². The van der Waals surface area contributed by atoms with Crippen molar-refractivity contribution in [3.63, 3.8) is 0 Å². The predicted molar refractivity (Wildman–Crippen MR) is 82.6 cm³/mol. The number of aromatic nitrogens is 4. The average Bonchev–Trinajstić information content (AvgIpc) is 3.08. The third-order valence-corrected chi connectivity index (χ3v) is 4.06. The lowest BCUT2D eigenvalue weighted by atomic mass is 9.99. The van der Waals surface area contributed by atoms with Crippen LogP contribution in [0.3, 0.4) is 0 Å². The molecule has 136 valence electrons. The molecule has 10 heteroatoms. The number of aliphatic hydroxyl groups is 4. The number of benzene rings is 1. The van der Waals surface area contributed by atoms with Gasteiger partial charge >= 0.3 is 0 Å². The van der Waals surface area contributed by atoms with Gasteiger partial charge in [0.1, 0.15) is 30.2 Å². The highest BCUT2D eigenvalue weighted by Gasteiger charge is 2.45. The summed E-state index contributed by atoms with van der Waals surface area (Å²) in [7, 11) is 1.58. The monoisotopic (exact) mass is 352 g/mol. The number of rotatable bonds is 5. The molecule has 0 radical (unpaired) electrons. The van der Waals surface area contributed by atoms with E-state index in [2.05, 4.69) is 15.4 Å². The van der Waals surface area contributed by atoms with Crippen LogP contribution in [-0.4, -0.2) is 78.8 Å². The van der Waals surface area contributed by atoms with Crippen molar-refractivity contribution < 1.29 is 29.9 Å². The van der Waals surface area contributed by atoms with Crippen molar-refractivity contribution in [2.45, 2.75) is 37.1 Å². The Kier molecular flexibility index (Phi) is 5.25. The van der Waals surface area contributed by atoms with E-state index in [1.807, 2.05) is 24.3 Å². The molecule has 5 atom stereocenters. The third kappa shape index (κ3) is 3.62. The lowest BCUT2D eigenvalue weighted by molar-refractivity contribution is -0.257. The van der Waals surface area contributed by atoms with E-state index in [4.69, 9.17) is 9.47 Å². The number of aliphatic hydroxyl groups excluding tert-OH is 4. The first-order valence-electron chi connectivity index (χ1n) is 7.75. The topological polar surface area (TPSA) is 143 Å². The van der Waals surface area contributed by atoms with Crippen LogP contribution in [0.1, 0.15) is 17.6 Å². The summed E-state index contributed by atoms with van der Waals surface area (Å²) in [6.45, 7) is -0.521. The second-order valence-corrected chi connectivity index (χ2v) is 5.77. The van der Waals surface area contributed by atoms with Crippen LogP contribution in [0.25, 0.3) is 0 Å². The van der Waals surface area contributed by atoms with Gasteiger partial charge in [-0.2, -0.15) is 0 Å². The van der Waals surface area contributed by atoms with E-state index in [-0.39, 0.29) is 0 Å². The molecule has 1 aliphatic heterocycles. The molecule has 25 heavy (non-hydrogen) atoms. The first-order valence-corrected chi connectivity index (χ1v) is 7.75. The second-order valence-electron chi connectivity index (χ2n) is 5.77. The standard InChI is InChI=1S/C15H20N4O6/c1-24-9-4-2-3-8(5-9)6-11-16-18-19(17-11)15-14(23)13(22)12(21)10(7-20)25-15/h2-5,10,12-15,20-23H,6-7H2,1H3/t10-,12-,13+,14-,15-/m1/s1. The van der Waals surface area contributed by atoms with Gasteiger partial charge in [0.25, 0.3) is 0 Å². The summed E-state index contributed by atoms with van der Waals surface area (Å²) in [5, 5.41) is 50.9. The van der Waals surface area contributed by atoms with Crippen molar-refractivity contribution in [1.29, 1.82) is 0 Å². The van der Waals surface area contributed by atoms with Gasteiger partial charge in [0, 0.05) is 6.42 Å². The maximum absolute atomic E-state index is 10.1. The summed E-state index contributed by atoms with van der Waals surface area (Å²) in [6, 6.07) is 7.39. The Labute approximate surface area is 143 Å². The quantitative estimate of drug-likeness (QED) is 0.492. The second kappa shape index (κ2) is 7.42. The molecule has 10 nitrogen and oxygen atoms in total. The van der Waals surface area contributed by atoms with Gasteiger partial charge in [0.15, 0.2) is 12.1 Å². The number of nitrogens with zero attached hydrogens (tertiary/aromatic N) is 4. The van der Waals surface area contributed by atoms with E-state index in [1.165, 1.54) is 0 Å². The Morgan fingerprint density at radius 2 is 2.00 bits per heavy atom. The van der Waals surface area contributed by atoms with Gasteiger partial charge in [-0.1, -0.05) is 12.1 Å². The first kappa shape index (κ1) is 17.7. The van der Waals surface area contributed by atoms with Crippen LogP contribution >= 0.6 is 0 Å². The SMILES string of the molecule is COc1cccc(Cc2nnn([C@@H]3O[C@H](CO)[C@@H](O)[C@H](O)[C@H]3O)n2)c1. The largest absolute Gasteiger partial charge is 0.497 e. The lowest BCUT2D eigenvalue weighted by Gasteiger charge is -2.38. The number of ether oxygens (including phenoxy) is 2. The zero-order chi connectivity index (χ0) is 18.0. The van der Waals surface area contributed by atoms with Crippen LogP contribution in [0.4, 0.5) is 0 Å². The number of hydrogen-bond acceptors (Lipinski definition) is 9. The Morgan fingerprint density at radius 1 is 1.20 bits per heavy atom. The highest BCUT2D eigenvalue weighted by Crippen LogP contribution is 2.27. The third-order valence-electron chi connectivity index (χ3n) is 4.06. The molecule has 1 aliphatic rings. The average molecular weight is 352 g/mol. The van der Waals surface area contributed by atoms with Gasteiger partial charge in [0.05, 0.1) is 13.7 Å². The van der Waals surface area contributed by atoms with Crippen LogP contribution in [0, 0.1) is 0 Å². The summed E-state index contributed by atoms with van der Waals surface area (Å²) < 4.78 is 10.5. The van der Waals surface area contributed by atoms with Gasteiger partial charge in [-0.3, -0.25) is 0 Å². The van der Waals surface area contributed by atoms with Crippen molar-refractivity contribution >= 4 is 0 Å². The summed E-state index contributed by atoms with van der Waals surface area (Å²) in [5.74, 6) is 1.09. The molecular formula is C15H20N4O6. The van der Waals surface area contributed by atoms with Crippen molar-refractivity contribution in [3.8, 4) is 5.75 Å². The molecule has 2 heterocycles. The van der Waals surface area contributed by atoms with Crippen molar-refractivity contribution in [3.05, 3.63) is 35.7 Å². The summed E-state index contributed by atoms with van der Waals surface area (Å²) in [4.78, 5) is 1.03. The molecule has 1 saturated heterocycles. The van der Waals surface area contributed by atoms with E-state index < -0.39 is 37.3 Å². The molecular weight excluding hydrogens is 332 g/mol. The van der Waals surface area contributed by atoms with E-state index in [0.717, 1.165) is 10.4 Å². The number of methoxy groups -OCH3 is 1. The van der Waals surface area contributed by atoms with Crippen LogP contribution in [0.15, 0.2) is 24.3 Å². The minimum Gasteiger partial charge on any atom is -0.497 e. The molecule has 2 aromatic rings. The molecule has 0 bridgehead atoms. The Hall–Kier alpha value is -2.11. The van der Waals surface area contributed by atoms with Crippen LogP contribution < -0.4 is 4.74 Å². The normalized spacial score (nSPS) is 29.6. The summed E-state index contributed by atoms with van der Waals surface area (Å²) in [5.41, 5.74) is 0.910. The minimum absolute atomic E-state index is 0.380. The maximum atomic E-state index is 10.1. The summed E-state index contributed by atoms with van der Waals surface area (Å²) in [6.07, 6.45) is -6.20. The molecule has 4 N–H and O–H groups in total. The van der Waals surface area contributed by atoms with Gasteiger partial charge in [0.2, 0.25) is 0 Å². The molecule has 1 fully saturated rings. The highest BCUT2D eigenvalue weighted by atomic mass is 16.6. The summed E-state index contributed by atoms with van der Waals surface area (Å²) >= 11 is 0. The van der Waals surface area contributed by atoms with Crippen molar-refractivity contribution in [2.24, 2.45) is 0 Å². The van der Waals surface area contributed by atoms with Crippen molar-refractivity contribution in [2.75, 3.05) is 13.7 Å². The fourth-order valence-electron chi connectivity index (χ4n) is 2.67. The first-order chi connectivity index (χ1) is 12.0. The molecule has 0 aliphatic carbocycles. The lowest BCUT2D eigenvalue weighted by Crippen LogP contribution is -2.56. The Morgan fingerprint density at radius 3 is 2.72 bits per heavy atom. The Balaban J connectivity index is 1.76. The van der Waals surface area contributed by atoms with Gasteiger partial charge < -0.3 is 29.9 Å². The fraction of sp³-hybridized carbons (Fsp3) is 0.533. The van der Waals surface area contributed by atoms with Gasteiger partial charge in [-0.15, -0.1) is 15.0 Å². The molecule has 1 aromatic carbocycles. The number of hydrogen-bond donors (Lipinski definition) is 4. The molecule has 1 aromatic heterocycles. The molecule has 0 unspecified atom stereocenters. The van der Waals surface area contributed by atoms with Crippen molar-refractivity contribution in [1.82, 2.24) is 20.2 Å². The van der Waals surface area contributed by atoms with E-state index >= 15 is 0 Å². The van der Waals surface area contributed by atoms with Crippen LogP contribution in [-0.2, 0) is 11.2 Å². The molecule has 0 saturated carbocycles. The predicted octanol–water partition coefficient (Wildman–Crippen LogP) is -1.76. The van der Waals surface area contributed by atoms with Gasteiger partial charge in [-0.25, -0.2) is 0 Å². The Bertz CT molecular complexity index is 709. The molecule has 0 amide bonds. The van der Waals surface area contributed by atoms with Crippen LogP contribution in [0.2, 0.25) is 0 Å². The van der Waals surface area contributed by atoms with E-state index in [1.54, 1.807) is 7.11 Å². The molecule has 0 spiro atoms. The smallest absolute Gasteiger partial charge is 0.199 e. The van der Waals surface area contributed by atoms with E-state index in [9.17, 15) is 20.4 Å². The van der Waals surface area contributed by atoms with E-state index in [0.29, 0.717) is 18.0 Å². The highest BCUT2D eigenvalue weighted by molar-refractivity contribution is 5.29. The zero-order valence-corrected chi connectivity index (χ0v) is 13.5. The van der Waals surface area contributed by atoms with Gasteiger partial charge in [-0.05, 0) is 22.9 Å². The molecule has 3 rings (SSSR count). The fourth-order valence-corrected chi connectivity index (χ4v) is 2.67. The maximum Gasteiger partial charge on any atom is 0.199 e.